The van der Waals surface area contributed by atoms with Crippen LogP contribution in [-0.2, 0) is 0 Å². The smallest absolute Gasteiger partial charge is 0.336 e. The minimum atomic E-state index is -0.915. The Morgan fingerprint density at radius 3 is 2.70 bits per heavy atom. The summed E-state index contributed by atoms with van der Waals surface area (Å²) in [6, 6.07) is 9.48. The summed E-state index contributed by atoms with van der Waals surface area (Å²) in [7, 11) is 0. The van der Waals surface area contributed by atoms with Crippen LogP contribution >= 0.6 is 11.3 Å². The number of nitrogens with zero attached hydrogens (tertiary/aromatic N) is 1. The molecule has 3 aromatic rings. The van der Waals surface area contributed by atoms with Gasteiger partial charge in [-0.15, -0.1) is 11.3 Å². The molecule has 2 aromatic heterocycles. The van der Waals surface area contributed by atoms with Crippen LogP contribution in [0.25, 0.3) is 21.5 Å². The fourth-order valence-electron chi connectivity index (χ4n) is 2.47. The molecule has 4 heteroatoms. The predicted molar refractivity (Wildman–Crippen MR) is 81.5 cm³/mol. The number of carbonyl (C=O) groups is 1. The zero-order chi connectivity index (χ0) is 14.3. The Kier molecular flexibility index (Phi) is 3.03. The molecule has 1 N–H and O–H groups in total. The molecule has 2 heterocycles. The summed E-state index contributed by atoms with van der Waals surface area (Å²) in [6.45, 7) is 3.92. The number of aromatic carboxylic acids is 1. The van der Waals surface area contributed by atoms with Crippen molar-refractivity contribution in [1.82, 2.24) is 4.98 Å². The quantitative estimate of drug-likeness (QED) is 0.763. The highest BCUT2D eigenvalue weighted by atomic mass is 32.1. The molecule has 0 amide bonds. The minimum Gasteiger partial charge on any atom is -0.478 e. The van der Waals surface area contributed by atoms with Crippen molar-refractivity contribution in [3.05, 3.63) is 52.4 Å². The van der Waals surface area contributed by atoms with Crippen molar-refractivity contribution in [3.8, 4) is 10.6 Å². The molecular weight excluding hydrogens is 270 g/mol. The number of carboxylic acid groups (broad SMARTS) is 1. The monoisotopic (exact) mass is 283 g/mol. The van der Waals surface area contributed by atoms with Gasteiger partial charge in [-0.3, -0.25) is 0 Å². The second-order valence-electron chi connectivity index (χ2n) is 4.81. The molecule has 0 unspecified atom stereocenters. The van der Waals surface area contributed by atoms with Crippen molar-refractivity contribution in [1.29, 1.82) is 0 Å². The van der Waals surface area contributed by atoms with E-state index in [0.717, 1.165) is 32.6 Å². The zero-order valence-electron chi connectivity index (χ0n) is 11.2. The molecule has 20 heavy (non-hydrogen) atoms. The van der Waals surface area contributed by atoms with Crippen LogP contribution < -0.4 is 0 Å². The van der Waals surface area contributed by atoms with E-state index in [1.54, 1.807) is 17.4 Å². The van der Waals surface area contributed by atoms with Crippen LogP contribution in [0, 0.1) is 13.8 Å². The van der Waals surface area contributed by atoms with Crippen molar-refractivity contribution < 1.29 is 9.90 Å². The van der Waals surface area contributed by atoms with Crippen molar-refractivity contribution in [3.63, 3.8) is 0 Å². The summed E-state index contributed by atoms with van der Waals surface area (Å²) in [5.41, 5.74) is 3.81. The topological polar surface area (TPSA) is 50.2 Å². The van der Waals surface area contributed by atoms with E-state index in [4.69, 9.17) is 0 Å². The molecule has 0 spiro atoms. The molecule has 0 saturated heterocycles. The first-order valence-corrected chi connectivity index (χ1v) is 7.13. The minimum absolute atomic E-state index is 0.316. The lowest BCUT2D eigenvalue weighted by Gasteiger charge is -2.09. The van der Waals surface area contributed by atoms with Crippen LogP contribution in [0.5, 0.6) is 0 Å². The van der Waals surface area contributed by atoms with Crippen LogP contribution in [0.4, 0.5) is 0 Å². The van der Waals surface area contributed by atoms with Gasteiger partial charge in [0.05, 0.1) is 21.7 Å². The third-order valence-corrected chi connectivity index (χ3v) is 4.15. The zero-order valence-corrected chi connectivity index (χ0v) is 12.0. The highest BCUT2D eigenvalue weighted by Crippen LogP contribution is 2.30. The fraction of sp³-hybridized carbons (Fsp3) is 0.125. The largest absolute Gasteiger partial charge is 0.478 e. The lowest BCUT2D eigenvalue weighted by Crippen LogP contribution is -2.01. The second-order valence-corrected chi connectivity index (χ2v) is 5.76. The molecule has 0 radical (unpaired) electrons. The summed E-state index contributed by atoms with van der Waals surface area (Å²) in [4.78, 5) is 17.2. The standard InChI is InChI=1S/C16H13NO2S/c1-9-6-10(2)15-11(16(18)19)8-12(17-13(15)7-9)14-4-3-5-20-14/h3-8H,1-2H3,(H,18,19). The highest BCUT2D eigenvalue weighted by molar-refractivity contribution is 7.13. The summed E-state index contributed by atoms with van der Waals surface area (Å²) >= 11 is 1.56. The Morgan fingerprint density at radius 2 is 2.05 bits per heavy atom. The third kappa shape index (κ3) is 2.08. The predicted octanol–water partition coefficient (Wildman–Crippen LogP) is 4.28. The first-order chi connectivity index (χ1) is 9.56. The van der Waals surface area contributed by atoms with E-state index in [1.165, 1.54) is 0 Å². The molecule has 1 aromatic carbocycles. The van der Waals surface area contributed by atoms with Gasteiger partial charge >= 0.3 is 5.97 Å². The molecule has 0 atom stereocenters. The molecular formula is C16H13NO2S. The maximum absolute atomic E-state index is 11.5. The molecule has 0 aliphatic carbocycles. The Balaban J connectivity index is 2.40. The maximum atomic E-state index is 11.5. The Bertz CT molecular complexity index is 807. The van der Waals surface area contributed by atoms with Gasteiger partial charge in [0.2, 0.25) is 0 Å². The maximum Gasteiger partial charge on any atom is 0.336 e. The average Bonchev–Trinajstić information content (AvgIpc) is 2.90. The molecule has 0 saturated carbocycles. The number of rotatable bonds is 2. The van der Waals surface area contributed by atoms with Crippen LogP contribution in [0.1, 0.15) is 21.5 Å². The van der Waals surface area contributed by atoms with Gasteiger partial charge in [-0.25, -0.2) is 9.78 Å². The summed E-state index contributed by atoms with van der Waals surface area (Å²) in [5.74, 6) is -0.915. The molecule has 3 nitrogen and oxygen atoms in total. The summed E-state index contributed by atoms with van der Waals surface area (Å²) in [5, 5.41) is 12.2. The number of hydrogen-bond acceptors (Lipinski definition) is 3. The average molecular weight is 283 g/mol. The fourth-order valence-corrected chi connectivity index (χ4v) is 3.16. The van der Waals surface area contributed by atoms with E-state index in [9.17, 15) is 9.90 Å². The molecule has 0 fully saturated rings. The Morgan fingerprint density at radius 1 is 1.25 bits per heavy atom. The van der Waals surface area contributed by atoms with Gasteiger partial charge < -0.3 is 5.11 Å². The molecule has 0 aliphatic heterocycles. The summed E-state index contributed by atoms with van der Waals surface area (Å²) < 4.78 is 0. The highest BCUT2D eigenvalue weighted by Gasteiger charge is 2.15. The number of aryl methyl sites for hydroxylation is 2. The van der Waals surface area contributed by atoms with E-state index in [1.807, 2.05) is 43.5 Å². The van der Waals surface area contributed by atoms with Gasteiger partial charge in [-0.1, -0.05) is 12.1 Å². The van der Waals surface area contributed by atoms with Crippen LogP contribution in [0.3, 0.4) is 0 Å². The van der Waals surface area contributed by atoms with Crippen LogP contribution in [-0.4, -0.2) is 16.1 Å². The van der Waals surface area contributed by atoms with Gasteiger partial charge in [0.1, 0.15) is 0 Å². The lowest BCUT2D eigenvalue weighted by atomic mass is 10.0. The first-order valence-electron chi connectivity index (χ1n) is 6.25. The van der Waals surface area contributed by atoms with Crippen molar-refractivity contribution in [2.75, 3.05) is 0 Å². The number of carboxylic acids is 1. The number of hydrogen-bond donors (Lipinski definition) is 1. The normalized spacial score (nSPS) is 10.9. The van der Waals surface area contributed by atoms with Gasteiger partial charge in [0, 0.05) is 5.39 Å². The molecule has 0 aliphatic rings. The third-order valence-electron chi connectivity index (χ3n) is 3.25. The Labute approximate surface area is 120 Å². The first kappa shape index (κ1) is 12.8. The van der Waals surface area contributed by atoms with E-state index < -0.39 is 5.97 Å². The number of benzene rings is 1. The lowest BCUT2D eigenvalue weighted by molar-refractivity contribution is 0.0699. The van der Waals surface area contributed by atoms with E-state index in [-0.39, 0.29) is 0 Å². The number of thiophene rings is 1. The van der Waals surface area contributed by atoms with Gasteiger partial charge in [0.15, 0.2) is 0 Å². The number of pyridine rings is 1. The molecule has 3 rings (SSSR count). The van der Waals surface area contributed by atoms with Crippen LogP contribution in [0.2, 0.25) is 0 Å². The molecule has 100 valence electrons. The van der Waals surface area contributed by atoms with Gasteiger partial charge in [-0.2, -0.15) is 0 Å². The second kappa shape index (κ2) is 4.72. The number of fused-ring (bicyclic) bond motifs is 1. The van der Waals surface area contributed by atoms with Crippen molar-refractivity contribution in [2.24, 2.45) is 0 Å². The van der Waals surface area contributed by atoms with Crippen LogP contribution in [0.15, 0.2) is 35.7 Å². The summed E-state index contributed by atoms with van der Waals surface area (Å²) in [6.07, 6.45) is 0. The van der Waals surface area contributed by atoms with E-state index >= 15 is 0 Å². The van der Waals surface area contributed by atoms with Gasteiger partial charge in [0.25, 0.3) is 0 Å². The van der Waals surface area contributed by atoms with Crippen molar-refractivity contribution in [2.45, 2.75) is 13.8 Å². The van der Waals surface area contributed by atoms with E-state index in [0.29, 0.717) is 5.56 Å². The van der Waals surface area contributed by atoms with E-state index in [2.05, 4.69) is 4.98 Å². The SMILES string of the molecule is Cc1cc(C)c2c(C(=O)O)cc(-c3cccs3)nc2c1. The number of aromatic nitrogens is 1. The Hall–Kier alpha value is -2.20. The van der Waals surface area contributed by atoms with Gasteiger partial charge in [-0.05, 0) is 48.6 Å². The molecule has 0 bridgehead atoms. The van der Waals surface area contributed by atoms with Crippen molar-refractivity contribution >= 4 is 28.2 Å².